The molecule has 3 aromatic rings. The lowest BCUT2D eigenvalue weighted by Crippen LogP contribution is -2.07. The molecule has 0 spiro atoms. The average Bonchev–Trinajstić information content (AvgIpc) is 3.15. The van der Waals surface area contributed by atoms with Crippen molar-refractivity contribution in [3.8, 4) is 5.75 Å². The van der Waals surface area contributed by atoms with Crippen LogP contribution in [0.2, 0.25) is 0 Å². The van der Waals surface area contributed by atoms with Crippen molar-refractivity contribution in [3.05, 3.63) is 76.3 Å². The first-order chi connectivity index (χ1) is 14.5. The van der Waals surface area contributed by atoms with Gasteiger partial charge in [-0.05, 0) is 36.2 Å². The molecule has 0 aliphatic carbocycles. The zero-order chi connectivity index (χ0) is 21.3. The number of hydrogen-bond acceptors (Lipinski definition) is 7. The number of halogens is 2. The van der Waals surface area contributed by atoms with Crippen molar-refractivity contribution in [2.24, 2.45) is 5.10 Å². The Morgan fingerprint density at radius 3 is 2.77 bits per heavy atom. The van der Waals surface area contributed by atoms with Crippen LogP contribution >= 0.6 is 11.3 Å². The number of thiazole rings is 1. The molecule has 0 amide bonds. The molecular weight excluding hydrogens is 412 g/mol. The van der Waals surface area contributed by atoms with E-state index in [9.17, 15) is 13.6 Å². The van der Waals surface area contributed by atoms with Crippen LogP contribution in [0.25, 0.3) is 0 Å². The number of ether oxygens (including phenoxy) is 2. The topological polar surface area (TPSA) is 72.8 Å². The Labute approximate surface area is 176 Å². The number of benzene rings is 2. The Morgan fingerprint density at radius 2 is 2.00 bits per heavy atom. The molecule has 1 aromatic heterocycles. The SMILES string of the molecule is CCOC(=O)Cc1csc(NN=Cc2cccc(COc3c(F)cccc3F)c2)n1. The number of esters is 1. The lowest BCUT2D eigenvalue weighted by Gasteiger charge is -2.08. The molecule has 0 aliphatic rings. The Kier molecular flexibility index (Phi) is 7.45. The summed E-state index contributed by atoms with van der Waals surface area (Å²) in [5.41, 5.74) is 4.91. The molecule has 0 saturated heterocycles. The van der Waals surface area contributed by atoms with E-state index in [0.717, 1.165) is 23.3 Å². The molecule has 0 unspecified atom stereocenters. The first kappa shape index (κ1) is 21.4. The summed E-state index contributed by atoms with van der Waals surface area (Å²) in [4.78, 5) is 15.7. The fourth-order valence-electron chi connectivity index (χ4n) is 2.50. The number of carbonyl (C=O) groups is 1. The second-order valence-corrected chi connectivity index (χ2v) is 6.94. The van der Waals surface area contributed by atoms with E-state index in [1.54, 1.807) is 36.7 Å². The third-order valence-corrected chi connectivity index (χ3v) is 4.61. The van der Waals surface area contributed by atoms with Crippen molar-refractivity contribution < 1.29 is 23.0 Å². The van der Waals surface area contributed by atoms with E-state index in [2.05, 4.69) is 15.5 Å². The number of rotatable bonds is 9. The van der Waals surface area contributed by atoms with E-state index < -0.39 is 17.4 Å². The molecule has 30 heavy (non-hydrogen) atoms. The molecule has 0 aliphatic heterocycles. The van der Waals surface area contributed by atoms with Gasteiger partial charge in [-0.15, -0.1) is 11.3 Å². The largest absolute Gasteiger partial charge is 0.483 e. The minimum Gasteiger partial charge on any atom is -0.483 e. The van der Waals surface area contributed by atoms with E-state index in [-0.39, 0.29) is 19.0 Å². The minimum atomic E-state index is -0.748. The molecule has 3 rings (SSSR count). The highest BCUT2D eigenvalue weighted by molar-refractivity contribution is 7.13. The summed E-state index contributed by atoms with van der Waals surface area (Å²) < 4.78 is 37.5. The van der Waals surface area contributed by atoms with Crippen LogP contribution in [0.1, 0.15) is 23.7 Å². The average molecular weight is 431 g/mol. The summed E-state index contributed by atoms with van der Waals surface area (Å²) in [5, 5.41) is 6.42. The van der Waals surface area contributed by atoms with E-state index in [4.69, 9.17) is 9.47 Å². The number of anilines is 1. The van der Waals surface area contributed by atoms with Crippen LogP contribution in [-0.4, -0.2) is 23.8 Å². The molecular formula is C21H19F2N3O3S. The first-order valence-corrected chi connectivity index (χ1v) is 9.98. The van der Waals surface area contributed by atoms with Crippen LogP contribution in [0.15, 0.2) is 52.9 Å². The molecule has 1 heterocycles. The number of nitrogens with one attached hydrogen (secondary N) is 1. The van der Waals surface area contributed by atoms with Crippen LogP contribution in [-0.2, 0) is 22.6 Å². The fourth-order valence-corrected chi connectivity index (χ4v) is 3.16. The molecule has 0 bridgehead atoms. The van der Waals surface area contributed by atoms with Crippen molar-refractivity contribution in [3.63, 3.8) is 0 Å². The molecule has 156 valence electrons. The molecule has 2 aromatic carbocycles. The van der Waals surface area contributed by atoms with Crippen molar-refractivity contribution in [1.29, 1.82) is 0 Å². The minimum absolute atomic E-state index is 0.0106. The van der Waals surface area contributed by atoms with Gasteiger partial charge in [0.15, 0.2) is 17.4 Å². The van der Waals surface area contributed by atoms with Gasteiger partial charge in [0.2, 0.25) is 5.13 Å². The summed E-state index contributed by atoms with van der Waals surface area (Å²) in [6, 6.07) is 10.8. The number of hydrogen-bond donors (Lipinski definition) is 1. The van der Waals surface area contributed by atoms with Gasteiger partial charge in [-0.3, -0.25) is 10.2 Å². The first-order valence-electron chi connectivity index (χ1n) is 9.10. The molecule has 0 atom stereocenters. The molecule has 6 nitrogen and oxygen atoms in total. The highest BCUT2D eigenvalue weighted by Gasteiger charge is 2.10. The van der Waals surface area contributed by atoms with Gasteiger partial charge >= 0.3 is 5.97 Å². The monoisotopic (exact) mass is 431 g/mol. The van der Waals surface area contributed by atoms with Crippen LogP contribution in [0.5, 0.6) is 5.75 Å². The molecule has 1 N–H and O–H groups in total. The van der Waals surface area contributed by atoms with Gasteiger partial charge in [-0.2, -0.15) is 5.10 Å². The Bertz CT molecular complexity index is 1020. The fraction of sp³-hybridized carbons (Fsp3) is 0.190. The van der Waals surface area contributed by atoms with Gasteiger partial charge in [0, 0.05) is 5.38 Å². The molecule has 0 saturated carbocycles. The number of nitrogens with zero attached hydrogens (tertiary/aromatic N) is 2. The Balaban J connectivity index is 1.55. The lowest BCUT2D eigenvalue weighted by atomic mass is 10.1. The Morgan fingerprint density at radius 1 is 1.23 bits per heavy atom. The summed E-state index contributed by atoms with van der Waals surface area (Å²) in [5.74, 6) is -2.22. The second kappa shape index (κ2) is 10.4. The second-order valence-electron chi connectivity index (χ2n) is 6.08. The van der Waals surface area contributed by atoms with Gasteiger partial charge in [0.05, 0.1) is 24.9 Å². The third-order valence-electron chi connectivity index (χ3n) is 3.81. The summed E-state index contributed by atoms with van der Waals surface area (Å²) in [6.07, 6.45) is 1.69. The standard InChI is InChI=1S/C21H19F2N3O3S/c1-2-28-19(27)10-16-13-30-21(25-16)26-24-11-14-5-3-6-15(9-14)12-29-20-17(22)7-4-8-18(20)23/h3-9,11,13H,2,10,12H2,1H3,(H,25,26). The number of para-hydroxylation sites is 1. The van der Waals surface area contributed by atoms with E-state index >= 15 is 0 Å². The zero-order valence-electron chi connectivity index (χ0n) is 16.1. The highest BCUT2D eigenvalue weighted by atomic mass is 32.1. The normalized spacial score (nSPS) is 10.9. The molecule has 9 heteroatoms. The van der Waals surface area contributed by atoms with Gasteiger partial charge < -0.3 is 9.47 Å². The van der Waals surface area contributed by atoms with Gasteiger partial charge in [0.25, 0.3) is 0 Å². The number of carbonyl (C=O) groups excluding carboxylic acids is 1. The predicted octanol–water partition coefficient (Wildman–Crippen LogP) is 4.55. The van der Waals surface area contributed by atoms with Crippen molar-refractivity contribution >= 4 is 28.7 Å². The number of hydrazone groups is 1. The van der Waals surface area contributed by atoms with Gasteiger partial charge in [0.1, 0.15) is 6.61 Å². The van der Waals surface area contributed by atoms with Crippen LogP contribution in [0.3, 0.4) is 0 Å². The van der Waals surface area contributed by atoms with Crippen LogP contribution < -0.4 is 10.2 Å². The smallest absolute Gasteiger partial charge is 0.311 e. The Hall–Kier alpha value is -3.33. The van der Waals surface area contributed by atoms with Crippen LogP contribution in [0, 0.1) is 11.6 Å². The summed E-state index contributed by atoms with van der Waals surface area (Å²) in [7, 11) is 0. The maximum absolute atomic E-state index is 13.6. The zero-order valence-corrected chi connectivity index (χ0v) is 16.9. The lowest BCUT2D eigenvalue weighted by molar-refractivity contribution is -0.142. The predicted molar refractivity (Wildman–Crippen MR) is 111 cm³/mol. The molecule has 0 fully saturated rings. The van der Waals surface area contributed by atoms with Crippen molar-refractivity contribution in [1.82, 2.24) is 4.98 Å². The van der Waals surface area contributed by atoms with Gasteiger partial charge in [-0.1, -0.05) is 24.3 Å². The summed E-state index contributed by atoms with van der Waals surface area (Å²) in [6.45, 7) is 2.09. The molecule has 0 radical (unpaired) electrons. The van der Waals surface area contributed by atoms with Crippen molar-refractivity contribution in [2.45, 2.75) is 20.0 Å². The van der Waals surface area contributed by atoms with Crippen LogP contribution in [0.4, 0.5) is 13.9 Å². The highest BCUT2D eigenvalue weighted by Crippen LogP contribution is 2.22. The van der Waals surface area contributed by atoms with E-state index in [1.165, 1.54) is 17.4 Å². The van der Waals surface area contributed by atoms with Crippen molar-refractivity contribution in [2.75, 3.05) is 12.0 Å². The van der Waals surface area contributed by atoms with Gasteiger partial charge in [-0.25, -0.2) is 13.8 Å². The summed E-state index contributed by atoms with van der Waals surface area (Å²) >= 11 is 1.32. The van der Waals surface area contributed by atoms with E-state index in [1.807, 2.05) is 6.07 Å². The quantitative estimate of drug-likeness (QED) is 0.306. The third kappa shape index (κ3) is 6.08. The maximum Gasteiger partial charge on any atom is 0.311 e. The van der Waals surface area contributed by atoms with E-state index in [0.29, 0.717) is 17.4 Å². The maximum atomic E-state index is 13.6. The number of aromatic nitrogens is 1.